The highest BCUT2D eigenvalue weighted by Crippen LogP contribution is 2.13. The predicted octanol–water partition coefficient (Wildman–Crippen LogP) is 0.536. The summed E-state index contributed by atoms with van der Waals surface area (Å²) in [6.07, 6.45) is 1.19. The van der Waals surface area contributed by atoms with E-state index in [1.165, 1.54) is 0 Å². The Labute approximate surface area is 129 Å². The Morgan fingerprint density at radius 1 is 1.29 bits per heavy atom. The van der Waals surface area contributed by atoms with Crippen LogP contribution in [0, 0.1) is 0 Å². The van der Waals surface area contributed by atoms with E-state index < -0.39 is 5.91 Å². The van der Waals surface area contributed by atoms with E-state index in [0.717, 1.165) is 13.0 Å². The summed E-state index contributed by atoms with van der Waals surface area (Å²) in [6.45, 7) is 1.67. The molecule has 1 unspecified atom stereocenters. The van der Waals surface area contributed by atoms with E-state index in [-0.39, 0.29) is 24.4 Å². The third-order valence-corrected chi connectivity index (χ3v) is 3.30. The number of nitrogens with zero attached hydrogens (tertiary/aromatic N) is 1. The van der Waals surface area contributed by atoms with Gasteiger partial charge < -0.3 is 21.1 Å². The number of benzene rings is 1. The van der Waals surface area contributed by atoms with Gasteiger partial charge in [0.1, 0.15) is 5.75 Å². The van der Waals surface area contributed by atoms with Crippen LogP contribution < -0.4 is 16.2 Å². The highest BCUT2D eigenvalue weighted by molar-refractivity contribution is 5.92. The summed E-state index contributed by atoms with van der Waals surface area (Å²) in [5.41, 5.74) is 11.3. The summed E-state index contributed by atoms with van der Waals surface area (Å²) in [7, 11) is 0. The van der Waals surface area contributed by atoms with Crippen molar-refractivity contribution in [3.05, 3.63) is 29.8 Å². The molecule has 2 amide bonds. The molecule has 1 aromatic rings. The van der Waals surface area contributed by atoms with Crippen LogP contribution in [0.15, 0.2) is 24.3 Å². The summed E-state index contributed by atoms with van der Waals surface area (Å²) < 4.78 is 5.47. The fraction of sp³-hybridized carbons (Fsp3) is 0.429. The topological polar surface area (TPSA) is 98.7 Å². The molecule has 0 radical (unpaired) electrons. The zero-order valence-electron chi connectivity index (χ0n) is 11.7. The van der Waals surface area contributed by atoms with Crippen LogP contribution in [0.25, 0.3) is 0 Å². The number of amides is 2. The van der Waals surface area contributed by atoms with Gasteiger partial charge in [0.25, 0.3) is 0 Å². The lowest BCUT2D eigenvalue weighted by atomic mass is 10.2. The van der Waals surface area contributed by atoms with Crippen molar-refractivity contribution < 1.29 is 14.3 Å². The van der Waals surface area contributed by atoms with Crippen molar-refractivity contribution in [3.63, 3.8) is 0 Å². The highest BCUT2D eigenvalue weighted by atomic mass is 35.5. The van der Waals surface area contributed by atoms with Gasteiger partial charge in [0.15, 0.2) is 0 Å². The van der Waals surface area contributed by atoms with Gasteiger partial charge >= 0.3 is 0 Å². The SMILES string of the molecule is Cl.NC(=O)c1ccc(OCCC(=O)N2CCC(N)C2)cc1. The Kier molecular flexibility index (Phi) is 6.45. The molecule has 7 heteroatoms. The van der Waals surface area contributed by atoms with Gasteiger partial charge in [0, 0.05) is 24.7 Å². The normalized spacial score (nSPS) is 17.2. The van der Waals surface area contributed by atoms with E-state index >= 15 is 0 Å². The van der Waals surface area contributed by atoms with Gasteiger partial charge in [-0.3, -0.25) is 9.59 Å². The zero-order chi connectivity index (χ0) is 14.5. The van der Waals surface area contributed by atoms with Crippen LogP contribution >= 0.6 is 12.4 Å². The zero-order valence-corrected chi connectivity index (χ0v) is 12.5. The molecule has 21 heavy (non-hydrogen) atoms. The van der Waals surface area contributed by atoms with Gasteiger partial charge in [-0.2, -0.15) is 0 Å². The van der Waals surface area contributed by atoms with Gasteiger partial charge in [-0.25, -0.2) is 0 Å². The molecule has 0 aromatic heterocycles. The van der Waals surface area contributed by atoms with E-state index in [1.807, 2.05) is 0 Å². The molecular formula is C14H20ClN3O3. The first-order chi connectivity index (χ1) is 9.56. The summed E-state index contributed by atoms with van der Waals surface area (Å²) >= 11 is 0. The van der Waals surface area contributed by atoms with Crippen LogP contribution in [-0.2, 0) is 4.79 Å². The minimum absolute atomic E-state index is 0. The number of primary amides is 1. The summed E-state index contributed by atoms with van der Waals surface area (Å²) in [5, 5.41) is 0. The molecule has 1 fully saturated rings. The molecule has 1 aliphatic heterocycles. The van der Waals surface area contributed by atoms with Crippen LogP contribution in [-0.4, -0.2) is 42.5 Å². The number of hydrogen-bond donors (Lipinski definition) is 2. The van der Waals surface area contributed by atoms with E-state index in [0.29, 0.717) is 30.9 Å². The lowest BCUT2D eigenvalue weighted by molar-refractivity contribution is -0.130. The van der Waals surface area contributed by atoms with Gasteiger partial charge in [-0.15, -0.1) is 12.4 Å². The molecule has 2 rings (SSSR count). The number of halogens is 1. The Hall–Kier alpha value is -1.79. The quantitative estimate of drug-likeness (QED) is 0.828. The van der Waals surface area contributed by atoms with Crippen molar-refractivity contribution in [2.45, 2.75) is 18.9 Å². The van der Waals surface area contributed by atoms with E-state index in [4.69, 9.17) is 16.2 Å². The first-order valence-corrected chi connectivity index (χ1v) is 6.62. The average molecular weight is 314 g/mol. The fourth-order valence-electron chi connectivity index (χ4n) is 2.14. The van der Waals surface area contributed by atoms with E-state index in [2.05, 4.69) is 0 Å². The van der Waals surface area contributed by atoms with Crippen LogP contribution in [0.4, 0.5) is 0 Å². The molecule has 1 saturated heterocycles. The lowest BCUT2D eigenvalue weighted by Gasteiger charge is -2.15. The molecule has 1 aromatic carbocycles. The molecule has 0 saturated carbocycles. The second kappa shape index (κ2) is 7.85. The maximum absolute atomic E-state index is 11.9. The number of carbonyl (C=O) groups excluding carboxylic acids is 2. The molecule has 116 valence electrons. The van der Waals surface area contributed by atoms with Gasteiger partial charge in [-0.1, -0.05) is 0 Å². The summed E-state index contributed by atoms with van der Waals surface area (Å²) in [5.74, 6) is 0.199. The molecule has 6 nitrogen and oxygen atoms in total. The number of nitrogens with two attached hydrogens (primary N) is 2. The van der Waals surface area contributed by atoms with Crippen molar-refractivity contribution in [2.75, 3.05) is 19.7 Å². The van der Waals surface area contributed by atoms with Crippen molar-refractivity contribution in [1.29, 1.82) is 0 Å². The maximum Gasteiger partial charge on any atom is 0.248 e. The minimum Gasteiger partial charge on any atom is -0.493 e. The number of ether oxygens (including phenoxy) is 1. The average Bonchev–Trinajstić information content (AvgIpc) is 2.86. The first kappa shape index (κ1) is 17.3. The smallest absolute Gasteiger partial charge is 0.248 e. The van der Waals surface area contributed by atoms with E-state index in [9.17, 15) is 9.59 Å². The molecule has 0 spiro atoms. The van der Waals surface area contributed by atoms with Gasteiger partial charge in [-0.05, 0) is 30.7 Å². The van der Waals surface area contributed by atoms with Crippen molar-refractivity contribution in [1.82, 2.24) is 4.90 Å². The number of hydrogen-bond acceptors (Lipinski definition) is 4. The second-order valence-electron chi connectivity index (χ2n) is 4.88. The number of likely N-dealkylation sites (tertiary alicyclic amines) is 1. The van der Waals surface area contributed by atoms with Crippen LogP contribution in [0.2, 0.25) is 0 Å². The molecule has 0 aliphatic carbocycles. The first-order valence-electron chi connectivity index (χ1n) is 6.62. The summed E-state index contributed by atoms with van der Waals surface area (Å²) in [6, 6.07) is 6.62. The number of carbonyl (C=O) groups is 2. The van der Waals surface area contributed by atoms with Crippen molar-refractivity contribution in [2.24, 2.45) is 11.5 Å². The maximum atomic E-state index is 11.9. The second-order valence-corrected chi connectivity index (χ2v) is 4.88. The minimum atomic E-state index is -0.475. The standard InChI is InChI=1S/C14H19N3O3.ClH/c15-11-5-7-17(9-11)13(18)6-8-20-12-3-1-10(2-4-12)14(16)19;/h1-4,11H,5-9,15H2,(H2,16,19);1H. The molecule has 1 atom stereocenters. The Balaban J connectivity index is 0.00000220. The summed E-state index contributed by atoms with van der Waals surface area (Å²) in [4.78, 5) is 24.5. The monoisotopic (exact) mass is 313 g/mol. The van der Waals surface area contributed by atoms with Crippen LogP contribution in [0.5, 0.6) is 5.75 Å². The highest BCUT2D eigenvalue weighted by Gasteiger charge is 2.23. The van der Waals surface area contributed by atoms with E-state index in [1.54, 1.807) is 29.2 Å². The molecule has 4 N–H and O–H groups in total. The van der Waals surface area contributed by atoms with Crippen LogP contribution in [0.3, 0.4) is 0 Å². The van der Waals surface area contributed by atoms with Crippen molar-refractivity contribution >= 4 is 24.2 Å². The van der Waals surface area contributed by atoms with Gasteiger partial charge in [0.05, 0.1) is 13.0 Å². The van der Waals surface area contributed by atoms with Gasteiger partial charge in [0.2, 0.25) is 11.8 Å². The third kappa shape index (κ3) is 4.91. The lowest BCUT2D eigenvalue weighted by Crippen LogP contribution is -2.32. The molecular weight excluding hydrogens is 294 g/mol. The molecule has 1 heterocycles. The molecule has 1 aliphatic rings. The van der Waals surface area contributed by atoms with Crippen LogP contribution in [0.1, 0.15) is 23.2 Å². The predicted molar refractivity (Wildman–Crippen MR) is 81.5 cm³/mol. The molecule has 0 bridgehead atoms. The Bertz CT molecular complexity index is 493. The largest absolute Gasteiger partial charge is 0.493 e. The van der Waals surface area contributed by atoms with Crippen molar-refractivity contribution in [3.8, 4) is 5.75 Å². The third-order valence-electron chi connectivity index (χ3n) is 3.30. The Morgan fingerprint density at radius 2 is 1.95 bits per heavy atom. The number of rotatable bonds is 5. The Morgan fingerprint density at radius 3 is 2.48 bits per heavy atom. The fourth-order valence-corrected chi connectivity index (χ4v) is 2.14.